The molecule has 3 heteroatoms. The molecule has 0 radical (unpaired) electrons. The number of rotatable bonds is 22. The van der Waals surface area contributed by atoms with E-state index in [-0.39, 0.29) is 23.0 Å². The van der Waals surface area contributed by atoms with Crippen LogP contribution in [0.2, 0.25) is 0 Å². The van der Waals surface area contributed by atoms with E-state index in [1.54, 1.807) is 0 Å². The van der Waals surface area contributed by atoms with E-state index >= 15 is 0 Å². The molecule has 0 amide bonds. The highest BCUT2D eigenvalue weighted by Crippen LogP contribution is 2.59. The average molecular weight is 1540 g/mol. The lowest BCUT2D eigenvalue weighted by molar-refractivity contribution is 0.589. The predicted octanol–water partition coefficient (Wildman–Crippen LogP) is 28.0. The molecule has 0 saturated heterocycles. The van der Waals surface area contributed by atoms with Crippen molar-refractivity contribution in [1.29, 1.82) is 0 Å². The molecule has 2 aliphatic heterocycles. The Kier molecular flexibility index (Phi) is 20.3. The summed E-state index contributed by atoms with van der Waals surface area (Å²) < 4.78 is 0. The van der Waals surface area contributed by atoms with Gasteiger partial charge in [-0.1, -0.05) is 403 Å². The van der Waals surface area contributed by atoms with Crippen molar-refractivity contribution < 1.29 is 0 Å². The van der Waals surface area contributed by atoms with Crippen LogP contribution in [0.1, 0.15) is 186 Å². The molecule has 0 fully saturated rings. The maximum absolute atomic E-state index is 2.77. The van der Waals surface area contributed by atoms with E-state index in [1.807, 2.05) is 0 Å². The minimum atomic E-state index is -0.465. The Bertz CT molecular complexity index is 5790. The highest BCUT2D eigenvalue weighted by molar-refractivity contribution is 7.00. The fraction of sp³-hybridized carbons (Fsp3) is 0.224. The fourth-order valence-electron chi connectivity index (χ4n) is 20.9. The Morgan fingerprint density at radius 2 is 0.563 bits per heavy atom. The van der Waals surface area contributed by atoms with Gasteiger partial charge >= 0.3 is 0 Å². The summed E-state index contributed by atoms with van der Waals surface area (Å²) in [5.41, 5.74) is 41.8. The van der Waals surface area contributed by atoms with E-state index in [4.69, 9.17) is 0 Å². The van der Waals surface area contributed by atoms with Gasteiger partial charge in [-0.3, -0.25) is 0 Å². The zero-order valence-electron chi connectivity index (χ0n) is 70.9. The van der Waals surface area contributed by atoms with Crippen molar-refractivity contribution in [3.8, 4) is 66.8 Å². The number of aryl methyl sites for hydroxylation is 2. The maximum Gasteiger partial charge on any atom is 0.252 e. The van der Waals surface area contributed by atoms with Gasteiger partial charge in [-0.25, -0.2) is 0 Å². The van der Waals surface area contributed by atoms with Crippen LogP contribution in [0.3, 0.4) is 0 Å². The predicted molar refractivity (Wildman–Crippen MR) is 508 cm³/mol. The Labute approximate surface area is 708 Å². The summed E-state index contributed by atoms with van der Waals surface area (Å²) in [5, 5.41) is 0. The van der Waals surface area contributed by atoms with Crippen LogP contribution in [-0.4, -0.2) is 19.8 Å². The summed E-state index contributed by atoms with van der Waals surface area (Å²) in [6.45, 7) is 23.3. The number of hydrogen-bond donors (Lipinski definition) is 0. The number of nitrogens with zero attached hydrogens (tertiary/aromatic N) is 2. The van der Waals surface area contributed by atoms with Crippen molar-refractivity contribution in [2.75, 3.05) is 22.9 Å². The van der Waals surface area contributed by atoms with Gasteiger partial charge in [-0.2, -0.15) is 0 Å². The standard InChI is InChI=1S/C116H109BN2/c1-112(2,3)92-64-58-82(99(76-92)86-60-66-97-95-54-34-36-56-101(95)115(103(97)72-86,88-46-26-16-27-47-88)89-48-28-17-29-49-89)44-20-10-12-38-70-118-107-68-62-84(80-40-22-14-23-41-80)74-105(107)117-106-75-85(81-42-24-15-25-43-81)63-69-108(106)119(110-79-94(114(7,8)9)78-109(118)111(110)117)71-39-13-11-21-45-83-59-65-93(113(4,5)6)77-100(83)87-61-67-98-96-55-35-37-57-102(96)116(104(98)73-87,90-50-30-18-31-51-90)91-52-32-19-33-53-91/h14-19,22-37,40-43,46-69,72-79H,10-13,20-21,38-39,44-45,70-71H2,1-9H3. The molecule has 2 nitrogen and oxygen atoms in total. The molecular formula is C116H109BN2. The highest BCUT2D eigenvalue weighted by atomic mass is 15.2. The summed E-state index contributed by atoms with van der Waals surface area (Å²) >= 11 is 0. The molecule has 119 heavy (non-hydrogen) atoms. The first-order valence-electron chi connectivity index (χ1n) is 44.1. The zero-order valence-corrected chi connectivity index (χ0v) is 70.9. The largest absolute Gasteiger partial charge is 0.342 e. The summed E-state index contributed by atoms with van der Waals surface area (Å²) in [6, 6.07) is 135. The fourth-order valence-corrected chi connectivity index (χ4v) is 20.9. The number of fused-ring (bicyclic) bond motifs is 10. The summed E-state index contributed by atoms with van der Waals surface area (Å²) in [5.74, 6) is 0. The number of hydrogen-bond acceptors (Lipinski definition) is 2. The lowest BCUT2D eigenvalue weighted by atomic mass is 9.33. The molecule has 0 bridgehead atoms. The SMILES string of the molecule is CC(C)(C)c1ccc(CCCCCCN2c3ccc(-c4ccccc4)cc3B3c4cc(-c5ccccc5)ccc4N(CCCCCCc4ccc(C(C)(C)C)cc4-c4ccc5c(c4)C(c4ccccc4)(c4ccccc4)c4ccccc4-5)c4cc(C(C)(C)C)cc2c43)c(-c2ccc3c(c2)C(c2ccccc2)(c2ccccc2)c2ccccc2-3)c1. The first-order valence-corrected chi connectivity index (χ1v) is 44.1. The van der Waals surface area contributed by atoms with Gasteiger partial charge in [0.15, 0.2) is 0 Å². The second kappa shape index (κ2) is 31.4. The van der Waals surface area contributed by atoms with Crippen LogP contribution in [0.5, 0.6) is 0 Å². The lowest BCUT2D eigenvalue weighted by Crippen LogP contribution is -2.62. The van der Waals surface area contributed by atoms with E-state index in [0.29, 0.717) is 0 Å². The molecule has 2 aliphatic carbocycles. The monoisotopic (exact) mass is 1540 g/mol. The van der Waals surface area contributed by atoms with Crippen LogP contribution in [0, 0.1) is 0 Å². The van der Waals surface area contributed by atoms with Crippen molar-refractivity contribution >= 4 is 45.9 Å². The Morgan fingerprint density at radius 1 is 0.235 bits per heavy atom. The van der Waals surface area contributed by atoms with Crippen molar-refractivity contribution in [2.45, 2.75) is 154 Å². The van der Waals surface area contributed by atoms with E-state index in [9.17, 15) is 0 Å². The van der Waals surface area contributed by atoms with Crippen molar-refractivity contribution in [3.63, 3.8) is 0 Å². The van der Waals surface area contributed by atoms with E-state index in [1.165, 1.54) is 178 Å². The Hall–Kier alpha value is -12.0. The van der Waals surface area contributed by atoms with E-state index in [0.717, 1.165) is 77.3 Å². The second-order valence-electron chi connectivity index (χ2n) is 37.3. The van der Waals surface area contributed by atoms with Crippen LogP contribution < -0.4 is 26.2 Å². The molecule has 2 heterocycles. The second-order valence-corrected chi connectivity index (χ2v) is 37.3. The molecule has 4 aliphatic rings. The van der Waals surface area contributed by atoms with Gasteiger partial charge in [0.1, 0.15) is 0 Å². The van der Waals surface area contributed by atoms with Crippen molar-refractivity contribution in [1.82, 2.24) is 0 Å². The van der Waals surface area contributed by atoms with Gasteiger partial charge in [0.2, 0.25) is 0 Å². The minimum absolute atomic E-state index is 0.0106. The molecule has 0 atom stereocenters. The molecule has 0 spiro atoms. The normalized spacial score (nSPS) is 13.9. The van der Waals surface area contributed by atoms with Gasteiger partial charge < -0.3 is 9.80 Å². The van der Waals surface area contributed by atoms with Gasteiger partial charge in [0, 0.05) is 35.8 Å². The van der Waals surface area contributed by atoms with E-state index < -0.39 is 10.8 Å². The molecule has 15 aromatic rings. The van der Waals surface area contributed by atoms with Gasteiger partial charge in [0.25, 0.3) is 6.71 Å². The third-order valence-electron chi connectivity index (χ3n) is 27.0. The molecule has 0 saturated carbocycles. The van der Waals surface area contributed by atoms with Crippen LogP contribution in [-0.2, 0) is 39.9 Å². The van der Waals surface area contributed by atoms with Gasteiger partial charge in [-0.05, 0) is 247 Å². The van der Waals surface area contributed by atoms with Crippen LogP contribution in [0.25, 0.3) is 66.8 Å². The number of unbranched alkanes of at least 4 members (excludes halogenated alkanes) is 6. The first kappa shape index (κ1) is 76.9. The third kappa shape index (κ3) is 13.8. The first-order chi connectivity index (χ1) is 57.9. The van der Waals surface area contributed by atoms with Crippen LogP contribution in [0.4, 0.5) is 22.7 Å². The molecule has 19 rings (SSSR count). The molecule has 0 N–H and O–H groups in total. The molecule has 0 aromatic heterocycles. The zero-order chi connectivity index (χ0) is 81.2. The summed E-state index contributed by atoms with van der Waals surface area (Å²) in [4.78, 5) is 5.54. The summed E-state index contributed by atoms with van der Waals surface area (Å²) in [7, 11) is 0. The molecular weight excluding hydrogens is 1430 g/mol. The van der Waals surface area contributed by atoms with Crippen molar-refractivity contribution in [3.05, 3.63) is 424 Å². The molecule has 15 aromatic carbocycles. The lowest BCUT2D eigenvalue weighted by Gasteiger charge is -2.45. The van der Waals surface area contributed by atoms with Crippen molar-refractivity contribution in [2.24, 2.45) is 0 Å². The molecule has 0 unspecified atom stereocenters. The maximum atomic E-state index is 2.77. The minimum Gasteiger partial charge on any atom is -0.342 e. The topological polar surface area (TPSA) is 6.48 Å². The molecule has 586 valence electrons. The number of benzene rings is 15. The van der Waals surface area contributed by atoms with Crippen LogP contribution >= 0.6 is 0 Å². The highest BCUT2D eigenvalue weighted by Gasteiger charge is 2.49. The van der Waals surface area contributed by atoms with Crippen LogP contribution in [0.15, 0.2) is 352 Å². The average Bonchev–Trinajstić information content (AvgIpc) is 0.845. The Morgan fingerprint density at radius 3 is 0.933 bits per heavy atom. The number of anilines is 4. The van der Waals surface area contributed by atoms with Gasteiger partial charge in [0.05, 0.1) is 10.8 Å². The smallest absolute Gasteiger partial charge is 0.252 e. The van der Waals surface area contributed by atoms with E-state index in [2.05, 4.69) is 424 Å². The Balaban J connectivity index is 0.625. The quantitative estimate of drug-likeness (QED) is 0.0493. The van der Waals surface area contributed by atoms with Gasteiger partial charge in [-0.15, -0.1) is 0 Å². The summed E-state index contributed by atoms with van der Waals surface area (Å²) in [6.07, 6.45) is 11.0. The third-order valence-corrected chi connectivity index (χ3v) is 27.0.